The largest absolute Gasteiger partial charge is 0.460 e. The fraction of sp³-hybridized carbons (Fsp3) is 0.381. The minimum atomic E-state index is -0.502. The molecule has 0 spiro atoms. The number of anilines is 2. The van der Waals surface area contributed by atoms with Gasteiger partial charge in [0.2, 0.25) is 5.91 Å². The second-order valence-corrected chi connectivity index (χ2v) is 6.93. The highest BCUT2D eigenvalue weighted by Crippen LogP contribution is 2.21. The first kappa shape index (κ1) is 22.2. The Morgan fingerprint density at radius 3 is 2.14 bits per heavy atom. The molecule has 8 nitrogen and oxygen atoms in total. The number of nitrogens with one attached hydrogen (secondary N) is 3. The van der Waals surface area contributed by atoms with E-state index < -0.39 is 5.97 Å². The van der Waals surface area contributed by atoms with E-state index in [2.05, 4.69) is 15.6 Å². The number of aryl methyl sites for hydroxylation is 1. The maximum atomic E-state index is 12.7. The van der Waals surface area contributed by atoms with Crippen LogP contribution in [-0.4, -0.2) is 43.1 Å². The van der Waals surface area contributed by atoms with Gasteiger partial charge in [-0.15, -0.1) is 0 Å². The fourth-order valence-electron chi connectivity index (χ4n) is 2.69. The summed E-state index contributed by atoms with van der Waals surface area (Å²) in [7, 11) is 1.52. The predicted octanol–water partition coefficient (Wildman–Crippen LogP) is 3.28. The van der Waals surface area contributed by atoms with Gasteiger partial charge in [-0.25, -0.2) is 4.79 Å². The molecule has 2 aromatic rings. The predicted molar refractivity (Wildman–Crippen MR) is 110 cm³/mol. The first-order chi connectivity index (χ1) is 13.7. The Morgan fingerprint density at radius 2 is 1.59 bits per heavy atom. The molecule has 8 heteroatoms. The third-order valence-corrected chi connectivity index (χ3v) is 4.32. The molecule has 0 aliphatic heterocycles. The van der Waals surface area contributed by atoms with E-state index in [4.69, 9.17) is 9.47 Å². The molecule has 0 saturated heterocycles. The van der Waals surface area contributed by atoms with Gasteiger partial charge in [-0.2, -0.15) is 0 Å². The number of hydrogen-bond donors (Lipinski definition) is 3. The van der Waals surface area contributed by atoms with Crippen LogP contribution >= 0.6 is 0 Å². The molecule has 0 saturated carbocycles. The summed E-state index contributed by atoms with van der Waals surface area (Å²) in [6, 6.07) is 6.81. The molecule has 0 aliphatic rings. The number of carbonyl (C=O) groups is 3. The summed E-state index contributed by atoms with van der Waals surface area (Å²) < 4.78 is 10.0. The van der Waals surface area contributed by atoms with E-state index in [1.165, 1.54) is 7.11 Å². The van der Waals surface area contributed by atoms with Crippen LogP contribution in [0.4, 0.5) is 11.4 Å². The number of H-pyrrole nitrogens is 1. The Hall–Kier alpha value is -3.13. The first-order valence-electron chi connectivity index (χ1n) is 9.32. The van der Waals surface area contributed by atoms with Crippen LogP contribution in [0.15, 0.2) is 24.3 Å². The van der Waals surface area contributed by atoms with E-state index in [-0.39, 0.29) is 24.3 Å². The summed E-state index contributed by atoms with van der Waals surface area (Å²) >= 11 is 0. The monoisotopic (exact) mass is 401 g/mol. The summed E-state index contributed by atoms with van der Waals surface area (Å²) in [6.45, 7) is 7.47. The number of ether oxygens (including phenoxy) is 2. The lowest BCUT2D eigenvalue weighted by molar-refractivity contribution is -0.118. The third-order valence-electron chi connectivity index (χ3n) is 4.32. The quantitative estimate of drug-likeness (QED) is 0.464. The minimum Gasteiger partial charge on any atom is -0.460 e. The number of amides is 2. The minimum absolute atomic E-state index is 0.0795. The van der Waals surface area contributed by atoms with Gasteiger partial charge in [0, 0.05) is 30.1 Å². The maximum Gasteiger partial charge on any atom is 0.340 e. The number of aromatic amines is 1. The van der Waals surface area contributed by atoms with Crippen LogP contribution in [0.2, 0.25) is 0 Å². The molecule has 0 aliphatic carbocycles. The van der Waals surface area contributed by atoms with Crippen LogP contribution in [0.5, 0.6) is 0 Å². The molecule has 2 amide bonds. The van der Waals surface area contributed by atoms with E-state index in [1.54, 1.807) is 38.1 Å². The van der Waals surface area contributed by atoms with Gasteiger partial charge in [0.1, 0.15) is 12.3 Å². The van der Waals surface area contributed by atoms with Gasteiger partial charge in [0.25, 0.3) is 5.91 Å². The lowest BCUT2D eigenvalue weighted by Crippen LogP contribution is -2.18. The Labute approximate surface area is 170 Å². The molecule has 1 aromatic heterocycles. The Bertz CT molecular complexity index is 884. The molecule has 0 bridgehead atoms. The SMILES string of the molecule is COCCOC(=O)c1c(C)[nH]c(C(=O)Nc2ccc(NC(=O)C(C)C)cc2)c1C. The van der Waals surface area contributed by atoms with Crippen molar-refractivity contribution in [2.75, 3.05) is 31.0 Å². The van der Waals surface area contributed by atoms with Gasteiger partial charge in [-0.1, -0.05) is 13.8 Å². The second-order valence-electron chi connectivity index (χ2n) is 6.93. The van der Waals surface area contributed by atoms with Gasteiger partial charge < -0.3 is 25.1 Å². The van der Waals surface area contributed by atoms with Crippen molar-refractivity contribution in [3.63, 3.8) is 0 Å². The number of carbonyl (C=O) groups excluding carboxylic acids is 3. The second kappa shape index (κ2) is 9.88. The number of esters is 1. The highest BCUT2D eigenvalue weighted by atomic mass is 16.6. The lowest BCUT2D eigenvalue weighted by atomic mass is 10.1. The molecule has 1 aromatic carbocycles. The van der Waals surface area contributed by atoms with Crippen molar-refractivity contribution in [2.24, 2.45) is 5.92 Å². The van der Waals surface area contributed by atoms with E-state index in [0.717, 1.165) is 0 Å². The summed E-state index contributed by atoms with van der Waals surface area (Å²) in [4.78, 5) is 39.6. The molecule has 1 heterocycles. The van der Waals surface area contributed by atoms with Crippen molar-refractivity contribution in [1.82, 2.24) is 4.98 Å². The van der Waals surface area contributed by atoms with Crippen LogP contribution in [0.25, 0.3) is 0 Å². The highest BCUT2D eigenvalue weighted by molar-refractivity contribution is 6.07. The zero-order valence-electron chi connectivity index (χ0n) is 17.3. The smallest absolute Gasteiger partial charge is 0.340 e. The van der Waals surface area contributed by atoms with Crippen molar-refractivity contribution >= 4 is 29.2 Å². The Kier molecular flexibility index (Phi) is 7.55. The summed E-state index contributed by atoms with van der Waals surface area (Å²) in [5.74, 6) is -1.08. The van der Waals surface area contributed by atoms with Gasteiger partial charge in [0.05, 0.1) is 12.2 Å². The van der Waals surface area contributed by atoms with Gasteiger partial charge in [0.15, 0.2) is 0 Å². The molecule has 29 heavy (non-hydrogen) atoms. The Balaban J connectivity index is 2.08. The number of benzene rings is 1. The third kappa shape index (κ3) is 5.68. The van der Waals surface area contributed by atoms with Crippen molar-refractivity contribution < 1.29 is 23.9 Å². The standard InChI is InChI=1S/C21H27N3O5/c1-12(2)19(25)23-15-6-8-16(9-7-15)24-20(26)18-13(3)17(14(4)22-18)21(27)29-11-10-28-5/h6-9,12,22H,10-11H2,1-5H3,(H,23,25)(H,24,26). The zero-order chi connectivity index (χ0) is 21.6. The number of methoxy groups -OCH3 is 1. The van der Waals surface area contributed by atoms with Gasteiger partial charge >= 0.3 is 5.97 Å². The molecule has 0 unspecified atom stereocenters. The molecule has 3 N–H and O–H groups in total. The lowest BCUT2D eigenvalue weighted by Gasteiger charge is -2.09. The number of aromatic nitrogens is 1. The summed E-state index contributed by atoms with van der Waals surface area (Å²) in [6.07, 6.45) is 0. The maximum absolute atomic E-state index is 12.7. The van der Waals surface area contributed by atoms with Crippen molar-refractivity contribution in [2.45, 2.75) is 27.7 Å². The normalized spacial score (nSPS) is 10.7. The average molecular weight is 401 g/mol. The molecule has 0 atom stereocenters. The molecular formula is C21H27N3O5. The molecule has 2 rings (SSSR count). The van der Waals surface area contributed by atoms with E-state index >= 15 is 0 Å². The fourth-order valence-corrected chi connectivity index (χ4v) is 2.69. The van der Waals surface area contributed by atoms with Crippen molar-refractivity contribution in [1.29, 1.82) is 0 Å². The Morgan fingerprint density at radius 1 is 1.00 bits per heavy atom. The summed E-state index contributed by atoms with van der Waals surface area (Å²) in [5.41, 5.74) is 2.92. The van der Waals surface area contributed by atoms with E-state index in [1.807, 2.05) is 13.8 Å². The van der Waals surface area contributed by atoms with Crippen LogP contribution < -0.4 is 10.6 Å². The van der Waals surface area contributed by atoms with E-state index in [9.17, 15) is 14.4 Å². The molecule has 156 valence electrons. The van der Waals surface area contributed by atoms with Gasteiger partial charge in [-0.05, 0) is 43.7 Å². The molecular weight excluding hydrogens is 374 g/mol. The van der Waals surface area contributed by atoms with Gasteiger partial charge in [-0.3, -0.25) is 9.59 Å². The summed E-state index contributed by atoms with van der Waals surface area (Å²) in [5, 5.41) is 5.57. The highest BCUT2D eigenvalue weighted by Gasteiger charge is 2.23. The number of rotatable bonds is 8. The van der Waals surface area contributed by atoms with E-state index in [0.29, 0.717) is 40.5 Å². The van der Waals surface area contributed by atoms with Crippen LogP contribution in [0, 0.1) is 19.8 Å². The number of hydrogen-bond acceptors (Lipinski definition) is 5. The van der Waals surface area contributed by atoms with Crippen LogP contribution in [0.3, 0.4) is 0 Å². The molecule has 0 radical (unpaired) electrons. The van der Waals surface area contributed by atoms with Crippen molar-refractivity contribution in [3.8, 4) is 0 Å². The average Bonchev–Trinajstić information content (AvgIpc) is 2.97. The van der Waals surface area contributed by atoms with Crippen LogP contribution in [-0.2, 0) is 14.3 Å². The topological polar surface area (TPSA) is 110 Å². The molecule has 0 fully saturated rings. The first-order valence-corrected chi connectivity index (χ1v) is 9.32. The van der Waals surface area contributed by atoms with Crippen molar-refractivity contribution in [3.05, 3.63) is 46.8 Å². The van der Waals surface area contributed by atoms with Crippen LogP contribution in [0.1, 0.15) is 46.0 Å². The zero-order valence-corrected chi connectivity index (χ0v) is 17.3.